The van der Waals surface area contributed by atoms with Gasteiger partial charge in [0.2, 0.25) is 0 Å². The molecule has 3 rings (SSSR count). The second kappa shape index (κ2) is 5.29. The van der Waals surface area contributed by atoms with E-state index in [1.165, 1.54) is 26.0 Å². The Morgan fingerprint density at radius 3 is 2.85 bits per heavy atom. The number of aromatic nitrogens is 1. The molecule has 0 spiro atoms. The molecule has 3 nitrogen and oxygen atoms in total. The zero-order valence-electron chi connectivity index (χ0n) is 11.6. The zero-order chi connectivity index (χ0) is 14.1. The second-order valence-electron chi connectivity index (χ2n) is 5.44. The third kappa shape index (κ3) is 2.70. The molecule has 1 unspecified atom stereocenters. The van der Waals surface area contributed by atoms with Crippen molar-refractivity contribution >= 4 is 0 Å². The number of nitrogens with zero attached hydrogens (tertiary/aromatic N) is 1. The van der Waals surface area contributed by atoms with Crippen molar-refractivity contribution in [3.05, 3.63) is 53.6 Å². The molecule has 1 aliphatic rings. The van der Waals surface area contributed by atoms with Crippen LogP contribution in [0.25, 0.3) is 0 Å². The topological polar surface area (TPSA) is 40.2 Å². The van der Waals surface area contributed by atoms with Gasteiger partial charge in [0.25, 0.3) is 0 Å². The van der Waals surface area contributed by atoms with E-state index >= 15 is 0 Å². The highest BCUT2D eigenvalue weighted by atomic mass is 19.1. The van der Waals surface area contributed by atoms with Crippen LogP contribution in [0.15, 0.2) is 36.7 Å². The van der Waals surface area contributed by atoms with Gasteiger partial charge in [0.1, 0.15) is 11.6 Å². The molecule has 4 heteroatoms. The predicted octanol–water partition coefficient (Wildman–Crippen LogP) is 3.09. The molecule has 1 saturated carbocycles. The summed E-state index contributed by atoms with van der Waals surface area (Å²) in [5.74, 6) is 0.921. The number of nitrogens with two attached hydrogens (primary N) is 1. The molecule has 2 N–H and O–H groups in total. The van der Waals surface area contributed by atoms with Crippen LogP contribution >= 0.6 is 0 Å². The standard InChI is InChI=1S/C16H19FN2O/c1-20-14-5-4-12(15(17)8-14)9-19-7-6-13(10-19)16(18)11-2-3-11/h4-8,10-11,16H,2-3,9,18H2,1H3. The molecule has 20 heavy (non-hydrogen) atoms. The first kappa shape index (κ1) is 13.2. The van der Waals surface area contributed by atoms with E-state index in [4.69, 9.17) is 10.5 Å². The van der Waals surface area contributed by atoms with Gasteiger partial charge >= 0.3 is 0 Å². The Hall–Kier alpha value is -1.81. The van der Waals surface area contributed by atoms with E-state index in [0.29, 0.717) is 23.8 Å². The number of ether oxygens (including phenoxy) is 1. The highest BCUT2D eigenvalue weighted by molar-refractivity contribution is 5.29. The minimum absolute atomic E-state index is 0.122. The van der Waals surface area contributed by atoms with E-state index in [1.54, 1.807) is 12.1 Å². The van der Waals surface area contributed by atoms with Crippen molar-refractivity contribution in [3.8, 4) is 5.75 Å². The minimum atomic E-state index is -0.244. The van der Waals surface area contributed by atoms with Gasteiger partial charge in [-0.1, -0.05) is 6.07 Å². The Bertz CT molecular complexity index is 604. The van der Waals surface area contributed by atoms with Crippen molar-refractivity contribution in [2.45, 2.75) is 25.4 Å². The number of hydrogen-bond acceptors (Lipinski definition) is 2. The number of benzene rings is 1. The van der Waals surface area contributed by atoms with Crippen molar-refractivity contribution in [3.63, 3.8) is 0 Å². The Labute approximate surface area is 118 Å². The van der Waals surface area contributed by atoms with E-state index in [9.17, 15) is 4.39 Å². The number of rotatable bonds is 5. The van der Waals surface area contributed by atoms with Crippen molar-refractivity contribution in [1.82, 2.24) is 4.57 Å². The van der Waals surface area contributed by atoms with Gasteiger partial charge in [-0.05, 0) is 36.5 Å². The fourth-order valence-corrected chi connectivity index (χ4v) is 2.46. The first-order chi connectivity index (χ1) is 9.67. The van der Waals surface area contributed by atoms with Crippen molar-refractivity contribution in [1.29, 1.82) is 0 Å². The van der Waals surface area contributed by atoms with Gasteiger partial charge in [-0.2, -0.15) is 0 Å². The average molecular weight is 274 g/mol. The number of methoxy groups -OCH3 is 1. The lowest BCUT2D eigenvalue weighted by molar-refractivity contribution is 0.410. The fraction of sp³-hybridized carbons (Fsp3) is 0.375. The van der Waals surface area contributed by atoms with Gasteiger partial charge in [-0.15, -0.1) is 0 Å². The summed E-state index contributed by atoms with van der Waals surface area (Å²) in [5.41, 5.74) is 7.96. The highest BCUT2D eigenvalue weighted by Gasteiger charge is 2.29. The van der Waals surface area contributed by atoms with Crippen molar-refractivity contribution in [2.24, 2.45) is 11.7 Å². The van der Waals surface area contributed by atoms with Crippen LogP contribution in [0.1, 0.15) is 30.0 Å². The third-order valence-corrected chi connectivity index (χ3v) is 3.90. The predicted molar refractivity (Wildman–Crippen MR) is 76.1 cm³/mol. The second-order valence-corrected chi connectivity index (χ2v) is 5.44. The van der Waals surface area contributed by atoms with Gasteiger partial charge < -0.3 is 15.0 Å². The van der Waals surface area contributed by atoms with Crippen molar-refractivity contribution in [2.75, 3.05) is 7.11 Å². The Morgan fingerprint density at radius 1 is 1.40 bits per heavy atom. The molecule has 1 aliphatic carbocycles. The quantitative estimate of drug-likeness (QED) is 0.910. The SMILES string of the molecule is COc1ccc(Cn2ccc(C(N)C3CC3)c2)c(F)c1. The normalized spacial score (nSPS) is 16.1. The van der Waals surface area contributed by atoms with Crippen LogP contribution in [0, 0.1) is 11.7 Å². The molecule has 1 aromatic heterocycles. The summed E-state index contributed by atoms with van der Waals surface area (Å²) in [5, 5.41) is 0. The Kier molecular flexibility index (Phi) is 3.49. The van der Waals surface area contributed by atoms with Gasteiger partial charge in [-0.3, -0.25) is 0 Å². The van der Waals surface area contributed by atoms with Crippen LogP contribution in [0.5, 0.6) is 5.75 Å². The molecule has 1 fully saturated rings. The molecule has 0 aliphatic heterocycles. The largest absolute Gasteiger partial charge is 0.497 e. The van der Waals surface area contributed by atoms with Crippen LogP contribution in [0.4, 0.5) is 4.39 Å². The van der Waals surface area contributed by atoms with Crippen molar-refractivity contribution < 1.29 is 9.13 Å². The van der Waals surface area contributed by atoms with Gasteiger partial charge in [-0.25, -0.2) is 4.39 Å². The molecule has 1 heterocycles. The first-order valence-corrected chi connectivity index (χ1v) is 6.91. The summed E-state index contributed by atoms with van der Waals surface area (Å²) in [6, 6.07) is 7.10. The lowest BCUT2D eigenvalue weighted by Gasteiger charge is -2.08. The molecular formula is C16H19FN2O. The molecule has 0 saturated heterocycles. The molecule has 1 aromatic carbocycles. The lowest BCUT2D eigenvalue weighted by atomic mass is 10.1. The van der Waals surface area contributed by atoms with Crippen LogP contribution < -0.4 is 10.5 Å². The maximum atomic E-state index is 13.9. The van der Waals surface area contributed by atoms with Crippen LogP contribution in [-0.2, 0) is 6.54 Å². The third-order valence-electron chi connectivity index (χ3n) is 3.90. The summed E-state index contributed by atoms with van der Waals surface area (Å²) >= 11 is 0. The van der Waals surface area contributed by atoms with E-state index in [1.807, 2.05) is 23.0 Å². The minimum Gasteiger partial charge on any atom is -0.497 e. The molecule has 0 bridgehead atoms. The van der Waals surface area contributed by atoms with Crippen LogP contribution in [0.3, 0.4) is 0 Å². The van der Waals surface area contributed by atoms with E-state index < -0.39 is 0 Å². The lowest BCUT2D eigenvalue weighted by Crippen LogP contribution is -2.11. The number of hydrogen-bond donors (Lipinski definition) is 1. The smallest absolute Gasteiger partial charge is 0.131 e. The van der Waals surface area contributed by atoms with Gasteiger partial charge in [0, 0.05) is 36.6 Å². The molecule has 0 radical (unpaired) electrons. The monoisotopic (exact) mass is 274 g/mol. The number of halogens is 1. The first-order valence-electron chi connectivity index (χ1n) is 6.91. The summed E-state index contributed by atoms with van der Waals surface area (Å²) in [4.78, 5) is 0. The van der Waals surface area contributed by atoms with E-state index in [0.717, 1.165) is 5.56 Å². The molecular weight excluding hydrogens is 255 g/mol. The maximum absolute atomic E-state index is 13.9. The van der Waals surface area contributed by atoms with Gasteiger partial charge in [0.05, 0.1) is 7.11 Å². The Morgan fingerprint density at radius 2 is 2.20 bits per heavy atom. The van der Waals surface area contributed by atoms with Crippen LogP contribution in [0.2, 0.25) is 0 Å². The highest BCUT2D eigenvalue weighted by Crippen LogP contribution is 2.39. The maximum Gasteiger partial charge on any atom is 0.131 e. The Balaban J connectivity index is 1.74. The average Bonchev–Trinajstić information content (AvgIpc) is 3.20. The van der Waals surface area contributed by atoms with E-state index in [-0.39, 0.29) is 11.9 Å². The van der Waals surface area contributed by atoms with Gasteiger partial charge in [0.15, 0.2) is 0 Å². The van der Waals surface area contributed by atoms with E-state index in [2.05, 4.69) is 0 Å². The molecule has 2 aromatic rings. The van der Waals surface area contributed by atoms with Crippen LogP contribution in [-0.4, -0.2) is 11.7 Å². The summed E-state index contributed by atoms with van der Waals surface area (Å²) in [7, 11) is 1.53. The molecule has 0 amide bonds. The zero-order valence-corrected chi connectivity index (χ0v) is 11.6. The fourth-order valence-electron chi connectivity index (χ4n) is 2.46. The summed E-state index contributed by atoms with van der Waals surface area (Å²) in [6.07, 6.45) is 6.42. The molecule has 106 valence electrons. The summed E-state index contributed by atoms with van der Waals surface area (Å²) < 4.78 is 20.9. The molecule has 1 atom stereocenters. The summed E-state index contributed by atoms with van der Waals surface area (Å²) in [6.45, 7) is 0.507.